The van der Waals surface area contributed by atoms with Gasteiger partial charge in [-0.25, -0.2) is 0 Å². The maximum atomic E-state index is 12.2. The third kappa shape index (κ3) is 4.97. The van der Waals surface area contributed by atoms with Crippen LogP contribution in [0.3, 0.4) is 0 Å². The minimum absolute atomic E-state index is 0.117. The van der Waals surface area contributed by atoms with E-state index < -0.39 is 0 Å². The van der Waals surface area contributed by atoms with Crippen LogP contribution in [0.15, 0.2) is 0 Å². The van der Waals surface area contributed by atoms with Crippen molar-refractivity contribution in [3.8, 4) is 0 Å². The first kappa shape index (κ1) is 16.2. The first-order chi connectivity index (χ1) is 10.2. The van der Waals surface area contributed by atoms with Gasteiger partial charge in [-0.05, 0) is 32.4 Å². The van der Waals surface area contributed by atoms with Gasteiger partial charge in [0.1, 0.15) is 0 Å². The van der Waals surface area contributed by atoms with E-state index in [4.69, 9.17) is 4.74 Å². The second-order valence-electron chi connectivity index (χ2n) is 5.83. The number of likely N-dealkylation sites (tertiary alicyclic amines) is 1. The van der Waals surface area contributed by atoms with Gasteiger partial charge in [-0.2, -0.15) is 0 Å². The van der Waals surface area contributed by atoms with Crippen LogP contribution in [0.5, 0.6) is 0 Å². The van der Waals surface area contributed by atoms with Gasteiger partial charge in [0, 0.05) is 25.6 Å². The summed E-state index contributed by atoms with van der Waals surface area (Å²) in [6, 6.07) is 0. The number of hydrogen-bond acceptors (Lipinski definition) is 4. The monoisotopic (exact) mass is 297 g/mol. The molecule has 0 radical (unpaired) electrons. The van der Waals surface area contributed by atoms with E-state index in [-0.39, 0.29) is 17.7 Å². The second-order valence-corrected chi connectivity index (χ2v) is 5.83. The standard InChI is InChI=1S/C15H27N3O3/c1-2-5-16-15(20)13-3-6-17(7-4-13)12-14(19)18-8-10-21-11-9-18/h13H,2-12H2,1H3,(H,16,20). The molecule has 2 aliphatic heterocycles. The van der Waals surface area contributed by atoms with E-state index in [0.29, 0.717) is 32.8 Å². The lowest BCUT2D eigenvalue weighted by molar-refractivity contribution is -0.137. The molecule has 1 N–H and O–H groups in total. The van der Waals surface area contributed by atoms with Crippen LogP contribution in [0, 0.1) is 5.92 Å². The molecular weight excluding hydrogens is 270 g/mol. The lowest BCUT2D eigenvalue weighted by atomic mass is 9.96. The largest absolute Gasteiger partial charge is 0.378 e. The fourth-order valence-electron chi connectivity index (χ4n) is 2.85. The molecule has 0 aromatic carbocycles. The Labute approximate surface area is 126 Å². The Kier molecular flexibility index (Phi) is 6.45. The summed E-state index contributed by atoms with van der Waals surface area (Å²) in [7, 11) is 0. The number of amides is 2. The Bertz CT molecular complexity index is 348. The van der Waals surface area contributed by atoms with Gasteiger partial charge in [0.2, 0.25) is 11.8 Å². The van der Waals surface area contributed by atoms with E-state index in [1.807, 2.05) is 4.90 Å². The molecule has 6 nitrogen and oxygen atoms in total. The van der Waals surface area contributed by atoms with Crippen LogP contribution in [-0.2, 0) is 14.3 Å². The fourth-order valence-corrected chi connectivity index (χ4v) is 2.85. The maximum absolute atomic E-state index is 12.2. The maximum Gasteiger partial charge on any atom is 0.236 e. The molecule has 0 unspecified atom stereocenters. The van der Waals surface area contributed by atoms with Crippen LogP contribution in [0.25, 0.3) is 0 Å². The molecule has 0 spiro atoms. The van der Waals surface area contributed by atoms with Gasteiger partial charge >= 0.3 is 0 Å². The van der Waals surface area contributed by atoms with E-state index in [1.54, 1.807) is 0 Å². The van der Waals surface area contributed by atoms with E-state index in [2.05, 4.69) is 17.1 Å². The summed E-state index contributed by atoms with van der Waals surface area (Å²) in [5, 5.41) is 2.96. The number of ether oxygens (including phenoxy) is 1. The van der Waals surface area contributed by atoms with Crippen LogP contribution in [0.4, 0.5) is 0 Å². The van der Waals surface area contributed by atoms with Crippen LogP contribution in [0.2, 0.25) is 0 Å². The van der Waals surface area contributed by atoms with Crippen molar-refractivity contribution in [2.75, 3.05) is 52.5 Å². The highest BCUT2D eigenvalue weighted by Gasteiger charge is 2.27. The molecule has 6 heteroatoms. The fraction of sp³-hybridized carbons (Fsp3) is 0.867. The molecule has 120 valence electrons. The molecule has 2 aliphatic rings. The molecule has 0 bridgehead atoms. The number of carbonyl (C=O) groups excluding carboxylic acids is 2. The number of nitrogens with one attached hydrogen (secondary N) is 1. The van der Waals surface area contributed by atoms with Crippen molar-refractivity contribution >= 4 is 11.8 Å². The number of carbonyl (C=O) groups is 2. The predicted molar refractivity (Wildman–Crippen MR) is 79.9 cm³/mol. The van der Waals surface area contributed by atoms with Gasteiger partial charge in [-0.15, -0.1) is 0 Å². The average Bonchev–Trinajstić information content (AvgIpc) is 2.54. The van der Waals surface area contributed by atoms with Crippen LogP contribution >= 0.6 is 0 Å². The highest BCUT2D eigenvalue weighted by atomic mass is 16.5. The summed E-state index contributed by atoms with van der Waals surface area (Å²) < 4.78 is 5.26. The first-order valence-corrected chi connectivity index (χ1v) is 8.06. The lowest BCUT2D eigenvalue weighted by Crippen LogP contribution is -2.48. The van der Waals surface area contributed by atoms with Crippen molar-refractivity contribution < 1.29 is 14.3 Å². The van der Waals surface area contributed by atoms with Crippen LogP contribution in [-0.4, -0.2) is 74.1 Å². The normalized spacial score (nSPS) is 21.3. The highest BCUT2D eigenvalue weighted by molar-refractivity contribution is 5.79. The highest BCUT2D eigenvalue weighted by Crippen LogP contribution is 2.17. The summed E-state index contributed by atoms with van der Waals surface area (Å²) in [5.74, 6) is 0.481. The third-order valence-electron chi connectivity index (χ3n) is 4.23. The molecule has 2 rings (SSSR count). The van der Waals surface area contributed by atoms with Crippen molar-refractivity contribution in [3.63, 3.8) is 0 Å². The molecule has 21 heavy (non-hydrogen) atoms. The molecule has 2 amide bonds. The predicted octanol–water partition coefficient (Wildman–Crippen LogP) is 0.0834. The first-order valence-electron chi connectivity index (χ1n) is 8.06. The Morgan fingerprint density at radius 2 is 1.81 bits per heavy atom. The summed E-state index contributed by atoms with van der Waals surface area (Å²) in [6.45, 7) is 7.65. The quantitative estimate of drug-likeness (QED) is 0.781. The van der Waals surface area contributed by atoms with Gasteiger partial charge in [-0.1, -0.05) is 6.92 Å². The minimum atomic E-state index is 0.117. The van der Waals surface area contributed by atoms with E-state index in [9.17, 15) is 9.59 Å². The van der Waals surface area contributed by atoms with Gasteiger partial charge in [0.15, 0.2) is 0 Å². The van der Waals surface area contributed by atoms with Crippen molar-refractivity contribution in [1.29, 1.82) is 0 Å². The molecule has 0 atom stereocenters. The number of rotatable bonds is 5. The van der Waals surface area contributed by atoms with E-state index in [1.165, 1.54) is 0 Å². The zero-order valence-electron chi connectivity index (χ0n) is 13.0. The zero-order valence-corrected chi connectivity index (χ0v) is 13.0. The molecule has 0 aromatic rings. The topological polar surface area (TPSA) is 61.9 Å². The van der Waals surface area contributed by atoms with E-state index >= 15 is 0 Å². The lowest BCUT2D eigenvalue weighted by Gasteiger charge is -2.33. The SMILES string of the molecule is CCCNC(=O)C1CCN(CC(=O)N2CCOCC2)CC1. The zero-order chi connectivity index (χ0) is 15.1. The number of morpholine rings is 1. The van der Waals surface area contributed by atoms with Gasteiger partial charge < -0.3 is 15.0 Å². The number of nitrogens with zero attached hydrogens (tertiary/aromatic N) is 2. The Hall–Kier alpha value is -1.14. The molecule has 0 aromatic heterocycles. The molecule has 2 saturated heterocycles. The van der Waals surface area contributed by atoms with E-state index in [0.717, 1.165) is 38.9 Å². The van der Waals surface area contributed by atoms with Crippen LogP contribution < -0.4 is 5.32 Å². The summed E-state index contributed by atoms with van der Waals surface area (Å²) in [5.41, 5.74) is 0. The second kappa shape index (κ2) is 8.34. The van der Waals surface area contributed by atoms with Crippen molar-refractivity contribution in [2.24, 2.45) is 5.92 Å². The van der Waals surface area contributed by atoms with Crippen molar-refractivity contribution in [3.05, 3.63) is 0 Å². The van der Waals surface area contributed by atoms with Crippen molar-refractivity contribution in [1.82, 2.24) is 15.1 Å². The third-order valence-corrected chi connectivity index (χ3v) is 4.23. The number of hydrogen-bond donors (Lipinski definition) is 1. The Morgan fingerprint density at radius 3 is 2.43 bits per heavy atom. The number of piperidine rings is 1. The summed E-state index contributed by atoms with van der Waals surface area (Å²) in [4.78, 5) is 28.1. The minimum Gasteiger partial charge on any atom is -0.378 e. The molecule has 2 heterocycles. The summed E-state index contributed by atoms with van der Waals surface area (Å²) >= 11 is 0. The molecule has 0 saturated carbocycles. The van der Waals surface area contributed by atoms with Crippen molar-refractivity contribution in [2.45, 2.75) is 26.2 Å². The Balaban J connectivity index is 1.68. The molecular formula is C15H27N3O3. The van der Waals surface area contributed by atoms with Crippen LogP contribution in [0.1, 0.15) is 26.2 Å². The van der Waals surface area contributed by atoms with Gasteiger partial charge in [-0.3, -0.25) is 14.5 Å². The smallest absolute Gasteiger partial charge is 0.236 e. The summed E-state index contributed by atoms with van der Waals surface area (Å²) in [6.07, 6.45) is 2.68. The molecule has 2 fully saturated rings. The van der Waals surface area contributed by atoms with Gasteiger partial charge in [0.25, 0.3) is 0 Å². The Morgan fingerprint density at radius 1 is 1.14 bits per heavy atom. The molecule has 0 aliphatic carbocycles. The average molecular weight is 297 g/mol. The van der Waals surface area contributed by atoms with Gasteiger partial charge in [0.05, 0.1) is 19.8 Å².